The number of rotatable bonds is 3. The van der Waals surface area contributed by atoms with Gasteiger partial charge in [0.25, 0.3) is 11.8 Å². The van der Waals surface area contributed by atoms with E-state index in [1.807, 2.05) is 19.9 Å². The number of aromatic nitrogens is 1. The van der Waals surface area contributed by atoms with Crippen molar-refractivity contribution in [2.45, 2.75) is 20.3 Å². The molecule has 0 saturated carbocycles. The van der Waals surface area contributed by atoms with E-state index in [0.717, 1.165) is 12.0 Å². The van der Waals surface area contributed by atoms with Crippen molar-refractivity contribution < 1.29 is 9.59 Å². The smallest absolute Gasteiger partial charge is 0.267 e. The summed E-state index contributed by atoms with van der Waals surface area (Å²) in [5.74, 6) is -0.676. The Bertz CT molecular complexity index is 623. The highest BCUT2D eigenvalue weighted by atomic mass is 32.1. The molecule has 2 N–H and O–H groups in total. The van der Waals surface area contributed by atoms with Crippen molar-refractivity contribution in [3.05, 3.63) is 51.5 Å². The second kappa shape index (κ2) is 6.29. The molecule has 0 radical (unpaired) electrons. The molecular weight excluding hydrogens is 274 g/mol. The molecule has 0 bridgehead atoms. The maximum atomic E-state index is 11.9. The molecule has 2 rings (SSSR count). The second-order valence-electron chi connectivity index (χ2n) is 4.21. The summed E-state index contributed by atoms with van der Waals surface area (Å²) >= 11 is 1.44. The first-order valence-corrected chi connectivity index (χ1v) is 7.03. The monoisotopic (exact) mass is 289 g/mol. The molecule has 20 heavy (non-hydrogen) atoms. The third-order valence-electron chi connectivity index (χ3n) is 2.80. The highest BCUT2D eigenvalue weighted by Gasteiger charge is 2.12. The molecule has 2 aromatic heterocycles. The van der Waals surface area contributed by atoms with Crippen LogP contribution in [0.5, 0.6) is 0 Å². The largest absolute Gasteiger partial charge is 0.279 e. The van der Waals surface area contributed by atoms with Gasteiger partial charge in [0.15, 0.2) is 0 Å². The van der Waals surface area contributed by atoms with E-state index >= 15 is 0 Å². The summed E-state index contributed by atoms with van der Waals surface area (Å²) in [6.07, 6.45) is 3.94. The number of carbonyl (C=O) groups excluding carboxylic acids is 2. The summed E-state index contributed by atoms with van der Waals surface area (Å²) in [5.41, 5.74) is 6.34. The normalized spacial score (nSPS) is 10.1. The van der Waals surface area contributed by atoms with E-state index in [0.29, 0.717) is 10.4 Å². The molecule has 2 amide bonds. The molecule has 0 aliphatic rings. The molecule has 6 heteroatoms. The summed E-state index contributed by atoms with van der Waals surface area (Å²) in [5, 5.41) is 0. The summed E-state index contributed by atoms with van der Waals surface area (Å²) in [6, 6.07) is 4.98. The van der Waals surface area contributed by atoms with Gasteiger partial charge in [0.1, 0.15) is 0 Å². The molecule has 0 unspecified atom stereocenters. The number of hydrogen-bond acceptors (Lipinski definition) is 4. The summed E-state index contributed by atoms with van der Waals surface area (Å²) in [7, 11) is 0. The number of amides is 2. The molecule has 104 valence electrons. The summed E-state index contributed by atoms with van der Waals surface area (Å²) in [6.45, 7) is 4.02. The van der Waals surface area contributed by atoms with Crippen molar-refractivity contribution in [2.75, 3.05) is 0 Å². The Morgan fingerprint density at radius 2 is 1.85 bits per heavy atom. The molecule has 2 heterocycles. The highest BCUT2D eigenvalue weighted by Crippen LogP contribution is 2.21. The maximum Gasteiger partial charge on any atom is 0.279 e. The van der Waals surface area contributed by atoms with E-state index in [1.165, 1.54) is 28.6 Å². The molecule has 0 aliphatic heterocycles. The Hall–Kier alpha value is -2.21. The minimum Gasteiger partial charge on any atom is -0.267 e. The van der Waals surface area contributed by atoms with Gasteiger partial charge in [-0.25, -0.2) is 0 Å². The van der Waals surface area contributed by atoms with Gasteiger partial charge in [-0.2, -0.15) is 0 Å². The van der Waals surface area contributed by atoms with Gasteiger partial charge in [0.2, 0.25) is 0 Å². The van der Waals surface area contributed by atoms with E-state index < -0.39 is 0 Å². The molecule has 0 saturated heterocycles. The van der Waals surface area contributed by atoms with Crippen LogP contribution in [-0.2, 0) is 6.42 Å². The standard InChI is InChI=1S/C14H15N3O2S/c1-3-11-9(2)8-12(20-11)14(19)17-16-13(18)10-4-6-15-7-5-10/h4-8H,3H2,1-2H3,(H,16,18)(H,17,19). The van der Waals surface area contributed by atoms with Gasteiger partial charge in [-0.1, -0.05) is 6.92 Å². The van der Waals surface area contributed by atoms with Crippen molar-refractivity contribution in [1.82, 2.24) is 15.8 Å². The van der Waals surface area contributed by atoms with E-state index in [9.17, 15) is 9.59 Å². The molecule has 2 aromatic rings. The van der Waals surface area contributed by atoms with E-state index in [1.54, 1.807) is 12.1 Å². The first-order valence-electron chi connectivity index (χ1n) is 6.21. The van der Waals surface area contributed by atoms with Gasteiger partial charge < -0.3 is 0 Å². The van der Waals surface area contributed by atoms with Crippen molar-refractivity contribution >= 4 is 23.2 Å². The average molecular weight is 289 g/mol. The quantitative estimate of drug-likeness (QED) is 0.850. The molecule has 0 aliphatic carbocycles. The Balaban J connectivity index is 1.97. The van der Waals surface area contributed by atoms with Crippen LogP contribution in [-0.4, -0.2) is 16.8 Å². The van der Waals surface area contributed by atoms with Crippen molar-refractivity contribution in [3.63, 3.8) is 0 Å². The minimum atomic E-state index is -0.371. The highest BCUT2D eigenvalue weighted by molar-refractivity contribution is 7.14. The lowest BCUT2D eigenvalue weighted by atomic mass is 10.2. The summed E-state index contributed by atoms with van der Waals surface area (Å²) in [4.78, 5) is 29.3. The van der Waals surface area contributed by atoms with Gasteiger partial charge in [0.05, 0.1) is 4.88 Å². The second-order valence-corrected chi connectivity index (χ2v) is 5.35. The van der Waals surface area contributed by atoms with Crippen LogP contribution in [0.4, 0.5) is 0 Å². The maximum absolute atomic E-state index is 11.9. The lowest BCUT2D eigenvalue weighted by Crippen LogP contribution is -2.41. The number of nitrogens with zero attached hydrogens (tertiary/aromatic N) is 1. The van der Waals surface area contributed by atoms with Crippen LogP contribution in [0, 0.1) is 6.92 Å². The van der Waals surface area contributed by atoms with Crippen LogP contribution in [0.15, 0.2) is 30.6 Å². The van der Waals surface area contributed by atoms with Crippen LogP contribution in [0.3, 0.4) is 0 Å². The van der Waals surface area contributed by atoms with Gasteiger partial charge >= 0.3 is 0 Å². The zero-order valence-electron chi connectivity index (χ0n) is 11.3. The molecule has 0 fully saturated rings. The number of hydrazine groups is 1. The van der Waals surface area contributed by atoms with Crippen LogP contribution < -0.4 is 10.9 Å². The predicted molar refractivity (Wildman–Crippen MR) is 77.6 cm³/mol. The van der Waals surface area contributed by atoms with Gasteiger partial charge in [-0.3, -0.25) is 25.4 Å². The molecule has 0 spiro atoms. The van der Waals surface area contributed by atoms with Crippen LogP contribution >= 0.6 is 11.3 Å². The first-order chi connectivity index (χ1) is 9.61. The van der Waals surface area contributed by atoms with E-state index in [2.05, 4.69) is 15.8 Å². The number of aryl methyl sites for hydroxylation is 2. The number of carbonyl (C=O) groups is 2. The van der Waals surface area contributed by atoms with Crippen LogP contribution in [0.1, 0.15) is 37.4 Å². The summed E-state index contributed by atoms with van der Waals surface area (Å²) < 4.78 is 0. The fourth-order valence-electron chi connectivity index (χ4n) is 1.73. The Morgan fingerprint density at radius 1 is 1.20 bits per heavy atom. The fraction of sp³-hybridized carbons (Fsp3) is 0.214. The lowest BCUT2D eigenvalue weighted by molar-refractivity contribution is 0.0849. The molecule has 0 aromatic carbocycles. The number of hydrogen-bond donors (Lipinski definition) is 2. The Kier molecular flexibility index (Phi) is 4.47. The van der Waals surface area contributed by atoms with Gasteiger partial charge in [-0.05, 0) is 37.1 Å². The fourth-order valence-corrected chi connectivity index (χ4v) is 2.74. The molecule has 5 nitrogen and oxygen atoms in total. The predicted octanol–water partition coefficient (Wildman–Crippen LogP) is 2.09. The van der Waals surface area contributed by atoms with Gasteiger partial charge in [0, 0.05) is 22.8 Å². The SMILES string of the molecule is CCc1sc(C(=O)NNC(=O)c2ccncc2)cc1C. The average Bonchev–Trinajstić information content (AvgIpc) is 2.86. The Labute approximate surface area is 121 Å². The zero-order valence-corrected chi connectivity index (χ0v) is 12.1. The first kappa shape index (κ1) is 14.2. The third kappa shape index (κ3) is 3.21. The van der Waals surface area contributed by atoms with Crippen LogP contribution in [0.25, 0.3) is 0 Å². The van der Waals surface area contributed by atoms with Crippen molar-refractivity contribution in [1.29, 1.82) is 0 Å². The molecular formula is C14H15N3O2S. The zero-order chi connectivity index (χ0) is 14.5. The van der Waals surface area contributed by atoms with Crippen molar-refractivity contribution in [3.8, 4) is 0 Å². The Morgan fingerprint density at radius 3 is 2.45 bits per heavy atom. The van der Waals surface area contributed by atoms with Crippen molar-refractivity contribution in [2.24, 2.45) is 0 Å². The number of thiophene rings is 1. The van der Waals surface area contributed by atoms with Crippen LogP contribution in [0.2, 0.25) is 0 Å². The lowest BCUT2D eigenvalue weighted by Gasteiger charge is -2.05. The van der Waals surface area contributed by atoms with Gasteiger partial charge in [-0.15, -0.1) is 11.3 Å². The topological polar surface area (TPSA) is 71.1 Å². The third-order valence-corrected chi connectivity index (χ3v) is 4.18. The van der Waals surface area contributed by atoms with E-state index in [4.69, 9.17) is 0 Å². The van der Waals surface area contributed by atoms with E-state index in [-0.39, 0.29) is 11.8 Å². The number of nitrogens with one attached hydrogen (secondary N) is 2. The molecule has 0 atom stereocenters. The minimum absolute atomic E-state index is 0.305. The number of pyridine rings is 1.